The zero-order valence-corrected chi connectivity index (χ0v) is 15.1. The van der Waals surface area contributed by atoms with Gasteiger partial charge in [-0.15, -0.1) is 24.8 Å². The predicted octanol–water partition coefficient (Wildman–Crippen LogP) is 1.67. The van der Waals surface area contributed by atoms with E-state index in [1.54, 1.807) is 0 Å². The highest BCUT2D eigenvalue weighted by Crippen LogP contribution is 2.28. The first kappa shape index (κ1) is 21.5. The SMILES string of the molecule is CN(CC(=O)N1CCCC(C)(C#N)C1)C1CCNCC1.Cl.Cl. The Bertz CT molecular complexity index is 395. The number of halogens is 2. The van der Waals surface area contributed by atoms with Gasteiger partial charge in [-0.2, -0.15) is 5.26 Å². The van der Waals surface area contributed by atoms with E-state index in [1.807, 2.05) is 18.9 Å². The molecule has 2 rings (SSSR count). The molecule has 2 saturated heterocycles. The Morgan fingerprint density at radius 1 is 1.41 bits per heavy atom. The van der Waals surface area contributed by atoms with Crippen molar-refractivity contribution < 1.29 is 4.79 Å². The minimum absolute atomic E-state index is 0. The van der Waals surface area contributed by atoms with Gasteiger partial charge in [-0.3, -0.25) is 9.69 Å². The van der Waals surface area contributed by atoms with Crippen LogP contribution in [0.3, 0.4) is 0 Å². The summed E-state index contributed by atoms with van der Waals surface area (Å²) in [5.41, 5.74) is -0.360. The Morgan fingerprint density at radius 2 is 2.05 bits per heavy atom. The molecule has 22 heavy (non-hydrogen) atoms. The number of nitrogens with zero attached hydrogens (tertiary/aromatic N) is 3. The first-order valence-corrected chi connectivity index (χ1v) is 7.64. The van der Waals surface area contributed by atoms with Crippen LogP contribution in [0.5, 0.6) is 0 Å². The number of carbonyl (C=O) groups excluding carboxylic acids is 1. The second-order valence-electron chi connectivity index (χ2n) is 6.49. The molecule has 0 radical (unpaired) electrons. The van der Waals surface area contributed by atoms with Crippen LogP contribution >= 0.6 is 24.8 Å². The largest absolute Gasteiger partial charge is 0.340 e. The quantitative estimate of drug-likeness (QED) is 0.840. The fourth-order valence-electron chi connectivity index (χ4n) is 3.23. The van der Waals surface area contributed by atoms with Gasteiger partial charge in [0, 0.05) is 19.1 Å². The molecular formula is C15H28Cl2N4O. The molecule has 1 N–H and O–H groups in total. The van der Waals surface area contributed by atoms with Crippen LogP contribution in [-0.4, -0.2) is 61.5 Å². The van der Waals surface area contributed by atoms with Crippen molar-refractivity contribution in [3.8, 4) is 6.07 Å². The molecule has 2 fully saturated rings. The number of piperidine rings is 2. The minimum atomic E-state index is -0.360. The molecule has 1 atom stereocenters. The van der Waals surface area contributed by atoms with Crippen molar-refractivity contribution >= 4 is 30.7 Å². The van der Waals surface area contributed by atoms with Gasteiger partial charge in [0.2, 0.25) is 5.91 Å². The molecular weight excluding hydrogens is 323 g/mol. The summed E-state index contributed by atoms with van der Waals surface area (Å²) in [5.74, 6) is 0.173. The van der Waals surface area contributed by atoms with Gasteiger partial charge in [0.25, 0.3) is 0 Å². The molecule has 0 aliphatic carbocycles. The van der Waals surface area contributed by atoms with Crippen molar-refractivity contribution in [3.63, 3.8) is 0 Å². The summed E-state index contributed by atoms with van der Waals surface area (Å²) in [5, 5.41) is 12.6. The summed E-state index contributed by atoms with van der Waals surface area (Å²) in [6, 6.07) is 2.87. The van der Waals surface area contributed by atoms with Crippen LogP contribution in [0, 0.1) is 16.7 Å². The average molecular weight is 351 g/mol. The summed E-state index contributed by atoms with van der Waals surface area (Å²) < 4.78 is 0. The Labute approximate surface area is 146 Å². The van der Waals surface area contributed by atoms with Crippen LogP contribution in [-0.2, 0) is 4.79 Å². The lowest BCUT2D eigenvalue weighted by atomic mass is 9.83. The molecule has 2 aliphatic rings. The van der Waals surface area contributed by atoms with Gasteiger partial charge < -0.3 is 10.2 Å². The number of hydrogen-bond donors (Lipinski definition) is 1. The molecule has 5 nitrogen and oxygen atoms in total. The maximum absolute atomic E-state index is 12.4. The topological polar surface area (TPSA) is 59.4 Å². The first-order chi connectivity index (χ1) is 9.54. The van der Waals surface area contributed by atoms with Crippen LogP contribution < -0.4 is 5.32 Å². The van der Waals surface area contributed by atoms with Gasteiger partial charge in [0.15, 0.2) is 0 Å². The van der Waals surface area contributed by atoms with Crippen LogP contribution in [0.15, 0.2) is 0 Å². The van der Waals surface area contributed by atoms with Crippen molar-refractivity contribution in [2.45, 2.75) is 38.6 Å². The lowest BCUT2D eigenvalue weighted by molar-refractivity contribution is -0.135. The third-order valence-corrected chi connectivity index (χ3v) is 4.64. The first-order valence-electron chi connectivity index (χ1n) is 7.64. The van der Waals surface area contributed by atoms with Crippen LogP contribution in [0.25, 0.3) is 0 Å². The molecule has 0 aromatic rings. The fourth-order valence-corrected chi connectivity index (χ4v) is 3.23. The predicted molar refractivity (Wildman–Crippen MR) is 92.6 cm³/mol. The second kappa shape index (κ2) is 9.57. The third-order valence-electron chi connectivity index (χ3n) is 4.64. The summed E-state index contributed by atoms with van der Waals surface area (Å²) in [6.07, 6.45) is 4.06. The average Bonchev–Trinajstić information content (AvgIpc) is 2.48. The molecule has 7 heteroatoms. The zero-order valence-electron chi connectivity index (χ0n) is 13.5. The lowest BCUT2D eigenvalue weighted by Gasteiger charge is -2.38. The molecule has 1 unspecified atom stereocenters. The third kappa shape index (κ3) is 5.58. The minimum Gasteiger partial charge on any atom is -0.340 e. The van der Waals surface area contributed by atoms with E-state index >= 15 is 0 Å². The Balaban J connectivity index is 0.00000220. The number of likely N-dealkylation sites (tertiary alicyclic amines) is 1. The number of rotatable bonds is 3. The summed E-state index contributed by atoms with van der Waals surface area (Å²) in [7, 11) is 2.04. The van der Waals surface area contributed by atoms with E-state index in [0.717, 1.165) is 45.3 Å². The number of nitrogens with one attached hydrogen (secondary N) is 1. The van der Waals surface area contributed by atoms with E-state index in [4.69, 9.17) is 0 Å². The summed E-state index contributed by atoms with van der Waals surface area (Å²) >= 11 is 0. The zero-order chi connectivity index (χ0) is 14.6. The van der Waals surface area contributed by atoms with E-state index in [1.165, 1.54) is 0 Å². The molecule has 0 aromatic heterocycles. The Kier molecular flexibility index (Phi) is 9.33. The highest BCUT2D eigenvalue weighted by molar-refractivity contribution is 5.85. The van der Waals surface area contributed by atoms with Gasteiger partial charge >= 0.3 is 0 Å². The molecule has 0 spiro atoms. The van der Waals surface area contributed by atoms with Gasteiger partial charge in [-0.1, -0.05) is 0 Å². The van der Waals surface area contributed by atoms with Gasteiger partial charge in [-0.05, 0) is 52.7 Å². The summed E-state index contributed by atoms with van der Waals surface area (Å²) in [4.78, 5) is 16.5. The van der Waals surface area contributed by atoms with Gasteiger partial charge in [0.1, 0.15) is 0 Å². The van der Waals surface area contributed by atoms with Crippen molar-refractivity contribution in [2.24, 2.45) is 5.41 Å². The smallest absolute Gasteiger partial charge is 0.236 e. The van der Waals surface area contributed by atoms with E-state index in [9.17, 15) is 10.1 Å². The van der Waals surface area contributed by atoms with Crippen LogP contribution in [0.2, 0.25) is 0 Å². The number of hydrogen-bond acceptors (Lipinski definition) is 4. The summed E-state index contributed by atoms with van der Waals surface area (Å²) in [6.45, 7) is 5.91. The molecule has 128 valence electrons. The molecule has 1 amide bonds. The monoisotopic (exact) mass is 350 g/mol. The molecule has 2 heterocycles. The fraction of sp³-hybridized carbons (Fsp3) is 0.867. The van der Waals surface area contributed by atoms with Crippen molar-refractivity contribution in [3.05, 3.63) is 0 Å². The number of nitriles is 1. The lowest BCUT2D eigenvalue weighted by Crippen LogP contribution is -2.50. The van der Waals surface area contributed by atoms with Crippen molar-refractivity contribution in [1.29, 1.82) is 5.26 Å². The molecule has 0 bridgehead atoms. The van der Waals surface area contributed by atoms with Gasteiger partial charge in [0.05, 0.1) is 18.0 Å². The molecule has 2 aliphatic heterocycles. The van der Waals surface area contributed by atoms with E-state index in [0.29, 0.717) is 19.1 Å². The highest BCUT2D eigenvalue weighted by Gasteiger charge is 2.33. The maximum Gasteiger partial charge on any atom is 0.236 e. The van der Waals surface area contributed by atoms with Crippen molar-refractivity contribution in [2.75, 3.05) is 39.8 Å². The van der Waals surface area contributed by atoms with E-state index in [-0.39, 0.29) is 36.1 Å². The number of likely N-dealkylation sites (N-methyl/N-ethyl adjacent to an activating group) is 1. The Hall–Kier alpha value is -0.540. The van der Waals surface area contributed by atoms with Gasteiger partial charge in [-0.25, -0.2) is 0 Å². The molecule has 0 saturated carbocycles. The molecule has 0 aromatic carbocycles. The maximum atomic E-state index is 12.4. The van der Waals surface area contributed by atoms with Crippen LogP contribution in [0.1, 0.15) is 32.6 Å². The highest BCUT2D eigenvalue weighted by atomic mass is 35.5. The second-order valence-corrected chi connectivity index (χ2v) is 6.49. The van der Waals surface area contributed by atoms with E-state index < -0.39 is 0 Å². The Morgan fingerprint density at radius 3 is 2.64 bits per heavy atom. The number of carbonyl (C=O) groups is 1. The normalized spacial score (nSPS) is 25.8. The van der Waals surface area contributed by atoms with E-state index in [2.05, 4.69) is 16.3 Å². The number of amides is 1. The van der Waals surface area contributed by atoms with Crippen molar-refractivity contribution in [1.82, 2.24) is 15.1 Å². The van der Waals surface area contributed by atoms with Crippen LogP contribution in [0.4, 0.5) is 0 Å². The standard InChI is InChI=1S/C15H26N4O.2ClH/c1-15(11-16)6-3-9-19(12-15)14(20)10-18(2)13-4-7-17-8-5-13;;/h13,17H,3-10,12H2,1-2H3;2*1H.